The molecule has 0 saturated carbocycles. The van der Waals surface area contributed by atoms with Crippen LogP contribution < -0.4 is 14.4 Å². The summed E-state index contributed by atoms with van der Waals surface area (Å²) in [6, 6.07) is 14.1. The molecule has 146 valence electrons. The monoisotopic (exact) mass is 391 g/mol. The Bertz CT molecular complexity index is 863. The predicted molar refractivity (Wildman–Crippen MR) is 106 cm³/mol. The molecule has 1 N–H and O–H groups in total. The minimum absolute atomic E-state index is 0.201. The number of rotatable bonds is 8. The normalized spacial score (nSPS) is 11.3. The van der Waals surface area contributed by atoms with E-state index in [1.807, 2.05) is 24.3 Å². The van der Waals surface area contributed by atoms with Crippen molar-refractivity contribution in [2.24, 2.45) is 0 Å². The fourth-order valence-electron chi connectivity index (χ4n) is 2.42. The molecular formula is C19H25N3O4S. The Morgan fingerprint density at radius 1 is 1.00 bits per heavy atom. The van der Waals surface area contributed by atoms with Crippen LogP contribution in [0, 0.1) is 0 Å². The molecule has 1 amide bonds. The van der Waals surface area contributed by atoms with Crippen LogP contribution in [0.3, 0.4) is 0 Å². The Balaban J connectivity index is 1.93. The highest BCUT2D eigenvalue weighted by Crippen LogP contribution is 2.18. The van der Waals surface area contributed by atoms with E-state index in [9.17, 15) is 13.2 Å². The fourth-order valence-corrected chi connectivity index (χ4v) is 3.29. The van der Waals surface area contributed by atoms with E-state index in [0.717, 1.165) is 15.6 Å². The van der Waals surface area contributed by atoms with E-state index in [1.165, 1.54) is 25.4 Å². The molecule has 0 fully saturated rings. The van der Waals surface area contributed by atoms with Crippen LogP contribution in [0.1, 0.15) is 15.9 Å². The molecule has 0 heterocycles. The molecule has 0 aliphatic carbocycles. The van der Waals surface area contributed by atoms with Crippen molar-refractivity contribution in [2.75, 3.05) is 39.1 Å². The van der Waals surface area contributed by atoms with Crippen molar-refractivity contribution in [1.29, 1.82) is 0 Å². The second kappa shape index (κ2) is 8.88. The zero-order valence-electron chi connectivity index (χ0n) is 16.0. The second-order valence-corrected chi connectivity index (χ2v) is 8.33. The van der Waals surface area contributed by atoms with Crippen LogP contribution in [0.4, 0.5) is 5.69 Å². The van der Waals surface area contributed by atoms with Crippen LogP contribution in [0.25, 0.3) is 0 Å². The largest absolute Gasteiger partial charge is 0.497 e. The molecule has 0 radical (unpaired) electrons. The van der Waals surface area contributed by atoms with Gasteiger partial charge in [-0.05, 0) is 48.4 Å². The van der Waals surface area contributed by atoms with Crippen molar-refractivity contribution in [3.8, 4) is 5.75 Å². The average Bonchev–Trinajstić information content (AvgIpc) is 2.67. The van der Waals surface area contributed by atoms with Crippen molar-refractivity contribution in [3.05, 3.63) is 59.7 Å². The summed E-state index contributed by atoms with van der Waals surface area (Å²) in [6.07, 6.45) is 0.706. The Morgan fingerprint density at radius 3 is 2.11 bits per heavy atom. The Morgan fingerprint density at radius 2 is 1.59 bits per heavy atom. The topological polar surface area (TPSA) is 79.0 Å². The Kier molecular flexibility index (Phi) is 6.81. The zero-order chi connectivity index (χ0) is 20.0. The first-order chi connectivity index (χ1) is 12.8. The van der Waals surface area contributed by atoms with Crippen molar-refractivity contribution < 1.29 is 17.9 Å². The highest BCUT2D eigenvalue weighted by molar-refractivity contribution is 7.90. The van der Waals surface area contributed by atoms with Crippen LogP contribution in [-0.4, -0.2) is 53.4 Å². The van der Waals surface area contributed by atoms with Crippen LogP contribution in [0.2, 0.25) is 0 Å². The lowest BCUT2D eigenvalue weighted by molar-refractivity contribution is 0.0954. The summed E-state index contributed by atoms with van der Waals surface area (Å²) < 4.78 is 31.7. The molecular weight excluding hydrogens is 366 g/mol. The van der Waals surface area contributed by atoms with Crippen LogP contribution in [0.5, 0.6) is 5.75 Å². The molecule has 27 heavy (non-hydrogen) atoms. The quantitative estimate of drug-likeness (QED) is 0.746. The van der Waals surface area contributed by atoms with Gasteiger partial charge in [-0.3, -0.25) is 9.10 Å². The number of methoxy groups -OCH3 is 1. The molecule has 0 spiro atoms. The maximum atomic E-state index is 12.3. The van der Waals surface area contributed by atoms with Crippen LogP contribution in [-0.2, 0) is 16.6 Å². The summed E-state index contributed by atoms with van der Waals surface area (Å²) in [5, 5.41) is 2.86. The zero-order valence-corrected chi connectivity index (χ0v) is 16.8. The van der Waals surface area contributed by atoms with E-state index < -0.39 is 10.2 Å². The molecule has 2 aromatic carbocycles. The van der Waals surface area contributed by atoms with Crippen molar-refractivity contribution in [3.63, 3.8) is 0 Å². The van der Waals surface area contributed by atoms with Crippen molar-refractivity contribution >= 4 is 21.8 Å². The van der Waals surface area contributed by atoms with E-state index in [-0.39, 0.29) is 5.91 Å². The van der Waals surface area contributed by atoms with Gasteiger partial charge in [0.1, 0.15) is 5.75 Å². The number of hydrogen-bond donors (Lipinski definition) is 1. The van der Waals surface area contributed by atoms with Gasteiger partial charge in [0.25, 0.3) is 5.91 Å². The standard InChI is InChI=1S/C19H25N3O4S/c1-21(2)27(24,25)22(3)17-9-7-16(8-10-17)19(23)20-14-13-15-5-11-18(26-4)12-6-15/h5-12H,13-14H2,1-4H3,(H,20,23). The summed E-state index contributed by atoms with van der Waals surface area (Å²) in [6.45, 7) is 0.502. The number of hydrogen-bond acceptors (Lipinski definition) is 4. The van der Waals surface area contributed by atoms with Gasteiger partial charge in [0.2, 0.25) is 0 Å². The molecule has 0 saturated heterocycles. The fraction of sp³-hybridized carbons (Fsp3) is 0.316. The maximum Gasteiger partial charge on any atom is 0.303 e. The van der Waals surface area contributed by atoms with E-state index in [1.54, 1.807) is 31.4 Å². The lowest BCUT2D eigenvalue weighted by atomic mass is 10.1. The third kappa shape index (κ3) is 5.21. The van der Waals surface area contributed by atoms with Gasteiger partial charge in [-0.2, -0.15) is 12.7 Å². The summed E-state index contributed by atoms with van der Waals surface area (Å²) in [4.78, 5) is 12.3. The van der Waals surface area contributed by atoms with Gasteiger partial charge in [-0.1, -0.05) is 12.1 Å². The third-order valence-electron chi connectivity index (χ3n) is 4.16. The molecule has 7 nitrogen and oxygen atoms in total. The van der Waals surface area contributed by atoms with Gasteiger partial charge >= 0.3 is 10.2 Å². The minimum Gasteiger partial charge on any atom is -0.497 e. The minimum atomic E-state index is -3.56. The molecule has 2 rings (SSSR count). The number of benzene rings is 2. The van der Waals surface area contributed by atoms with Crippen LogP contribution >= 0.6 is 0 Å². The first-order valence-corrected chi connectivity index (χ1v) is 9.83. The average molecular weight is 391 g/mol. The molecule has 0 aliphatic heterocycles. The Hall–Kier alpha value is -2.58. The lowest BCUT2D eigenvalue weighted by Gasteiger charge is -2.23. The number of nitrogens with one attached hydrogen (secondary N) is 1. The molecule has 0 aromatic heterocycles. The summed E-state index contributed by atoms with van der Waals surface area (Å²) in [5.74, 6) is 0.595. The van der Waals surface area contributed by atoms with Gasteiger partial charge in [0.15, 0.2) is 0 Å². The first-order valence-electron chi connectivity index (χ1n) is 8.43. The van der Waals surface area contributed by atoms with Crippen molar-refractivity contribution in [1.82, 2.24) is 9.62 Å². The van der Waals surface area contributed by atoms with Gasteiger partial charge in [-0.15, -0.1) is 0 Å². The predicted octanol–water partition coefficient (Wildman–Crippen LogP) is 1.91. The maximum absolute atomic E-state index is 12.3. The summed E-state index contributed by atoms with van der Waals surface area (Å²) in [7, 11) is 2.47. The number of ether oxygens (including phenoxy) is 1. The van der Waals surface area contributed by atoms with Crippen LogP contribution in [0.15, 0.2) is 48.5 Å². The molecule has 0 aliphatic rings. The number of nitrogens with zero attached hydrogens (tertiary/aromatic N) is 2. The molecule has 0 unspecified atom stereocenters. The van der Waals surface area contributed by atoms with E-state index in [2.05, 4.69) is 5.32 Å². The summed E-state index contributed by atoms with van der Waals surface area (Å²) >= 11 is 0. The number of carbonyl (C=O) groups is 1. The highest BCUT2D eigenvalue weighted by atomic mass is 32.2. The van der Waals surface area contributed by atoms with Crippen molar-refractivity contribution in [2.45, 2.75) is 6.42 Å². The molecule has 0 atom stereocenters. The third-order valence-corrected chi connectivity index (χ3v) is 5.98. The molecule has 0 bridgehead atoms. The highest BCUT2D eigenvalue weighted by Gasteiger charge is 2.21. The van der Waals surface area contributed by atoms with Gasteiger partial charge in [0.05, 0.1) is 12.8 Å². The molecule has 2 aromatic rings. The summed E-state index contributed by atoms with van der Waals surface area (Å²) in [5.41, 5.74) is 2.06. The van der Waals surface area contributed by atoms with Gasteiger partial charge < -0.3 is 10.1 Å². The van der Waals surface area contributed by atoms with E-state index in [4.69, 9.17) is 4.74 Å². The van der Waals surface area contributed by atoms with E-state index >= 15 is 0 Å². The second-order valence-electron chi connectivity index (χ2n) is 6.16. The smallest absolute Gasteiger partial charge is 0.303 e. The first kappa shape index (κ1) is 20.7. The number of amides is 1. The lowest BCUT2D eigenvalue weighted by Crippen LogP contribution is -2.37. The van der Waals surface area contributed by atoms with Gasteiger partial charge in [-0.25, -0.2) is 0 Å². The number of carbonyl (C=O) groups excluding carboxylic acids is 1. The SMILES string of the molecule is COc1ccc(CCNC(=O)c2ccc(N(C)S(=O)(=O)N(C)C)cc2)cc1. The van der Waals surface area contributed by atoms with E-state index in [0.29, 0.717) is 24.2 Å². The Labute approximate surface area is 160 Å². The number of anilines is 1. The molecule has 8 heteroatoms. The van der Waals surface area contributed by atoms with Gasteiger partial charge in [0, 0.05) is 33.3 Å².